The molecule has 22 heteroatoms. The number of amides is 4. The van der Waals surface area contributed by atoms with Crippen molar-refractivity contribution < 1.29 is 38.9 Å². The van der Waals surface area contributed by atoms with E-state index in [-0.39, 0.29) is 36.7 Å². The van der Waals surface area contributed by atoms with E-state index in [0.717, 1.165) is 22.5 Å². The molecule has 72 heavy (non-hydrogen) atoms. The zero-order valence-electron chi connectivity index (χ0n) is 41.4. The van der Waals surface area contributed by atoms with E-state index in [1.165, 1.54) is 12.4 Å². The van der Waals surface area contributed by atoms with Crippen LogP contribution in [0.2, 0.25) is 0 Å². The number of nitrogens with two attached hydrogens (primary N) is 2. The maximum absolute atomic E-state index is 13.3. The van der Waals surface area contributed by atoms with E-state index in [2.05, 4.69) is 40.6 Å². The van der Waals surface area contributed by atoms with Crippen LogP contribution in [0.4, 0.5) is 22.7 Å². The van der Waals surface area contributed by atoms with Gasteiger partial charge < -0.3 is 51.6 Å². The van der Waals surface area contributed by atoms with Gasteiger partial charge in [0.1, 0.15) is 33.8 Å². The number of nitrogens with zero attached hydrogens (tertiary/aromatic N) is 10. The van der Waals surface area contributed by atoms with E-state index in [1.54, 1.807) is 73.6 Å². The second kappa shape index (κ2) is 19.0. The number of benzene rings is 2. The first kappa shape index (κ1) is 49.6. The van der Waals surface area contributed by atoms with Crippen LogP contribution in [0.15, 0.2) is 73.6 Å². The summed E-state index contributed by atoms with van der Waals surface area (Å²) in [7, 11) is 0. The second-order valence-electron chi connectivity index (χ2n) is 20.4. The molecule has 0 saturated carbocycles. The molecule has 0 radical (unpaired) electrons. The third-order valence-electron chi connectivity index (χ3n) is 14.4. The molecule has 4 aromatic heterocycles. The number of fused-ring (bicyclic) bond motifs is 4. The number of aromatic nitrogens is 6. The van der Waals surface area contributed by atoms with Crippen molar-refractivity contribution in [1.82, 2.24) is 39.0 Å². The highest BCUT2D eigenvalue weighted by atomic mass is 16.5. The molecule has 2 aromatic carbocycles. The monoisotopic (exact) mass is 986 g/mol. The Labute approximate surface area is 415 Å². The number of hydrogen-bond acceptors (Lipinski definition) is 16. The van der Waals surface area contributed by atoms with Crippen LogP contribution >= 0.6 is 0 Å². The highest BCUT2D eigenvalue weighted by molar-refractivity contribution is 6.10. The Bertz CT molecular complexity index is 2850. The van der Waals surface area contributed by atoms with Crippen LogP contribution < -0.4 is 41.4 Å². The van der Waals surface area contributed by atoms with Gasteiger partial charge in [0.25, 0.3) is 11.8 Å². The lowest BCUT2D eigenvalue weighted by molar-refractivity contribution is -0.120. The van der Waals surface area contributed by atoms with Gasteiger partial charge in [-0.1, -0.05) is 0 Å². The molecule has 0 aliphatic carbocycles. The number of carbonyl (C=O) groups excluding carboxylic acids is 4. The average Bonchev–Trinajstić information content (AvgIpc) is 4.11. The van der Waals surface area contributed by atoms with Crippen LogP contribution in [0, 0.1) is 0 Å². The molecular weight excluding hydrogens is 925 g/mol. The predicted molar refractivity (Wildman–Crippen MR) is 269 cm³/mol. The summed E-state index contributed by atoms with van der Waals surface area (Å²) >= 11 is 0. The number of anilines is 4. The summed E-state index contributed by atoms with van der Waals surface area (Å²) < 4.78 is 15.6. The van der Waals surface area contributed by atoms with Gasteiger partial charge in [-0.3, -0.25) is 29.0 Å². The van der Waals surface area contributed by atoms with Gasteiger partial charge >= 0.3 is 0 Å². The maximum Gasteiger partial charge on any atom is 0.261 e. The van der Waals surface area contributed by atoms with E-state index in [1.807, 2.05) is 47.9 Å². The number of rotatable bonds is 12. The van der Waals surface area contributed by atoms with Crippen molar-refractivity contribution >= 4 is 57.7 Å². The number of piperazine rings is 2. The molecule has 10 rings (SSSR count). The lowest BCUT2D eigenvalue weighted by Gasteiger charge is -2.37. The number of carbonyl (C=O) groups is 4. The number of hydrogen-bond donors (Lipinski definition) is 6. The minimum atomic E-state index is -1.07. The van der Waals surface area contributed by atoms with E-state index < -0.39 is 22.4 Å². The van der Waals surface area contributed by atoms with E-state index in [0.29, 0.717) is 110 Å². The smallest absolute Gasteiger partial charge is 0.261 e. The van der Waals surface area contributed by atoms with Crippen molar-refractivity contribution in [1.29, 1.82) is 0 Å². The minimum Gasteiger partial charge on any atom is -0.484 e. The summed E-state index contributed by atoms with van der Waals surface area (Å²) in [6.45, 7) is 16.4. The summed E-state index contributed by atoms with van der Waals surface area (Å²) in [5, 5.41) is 36.1. The molecule has 2 fully saturated rings. The first-order chi connectivity index (χ1) is 34.1. The van der Waals surface area contributed by atoms with Gasteiger partial charge in [-0.25, -0.2) is 19.0 Å². The molecule has 6 aromatic rings. The standard InChI is InChI=1S/2C25H31N7O4/c2*1-24(2,35)25(3)13-16-11-18(29-23(34)17-14-28-32-6-4-5-27-22(17)32)19(12-20(16)36-25)31-9-7-30(8-10-31)15-21(26)33/h2*4-6,11-12,14,35H,7-10,13,15H2,1-3H3,(H2,26,33)(H,29,34)/t2*25-/m10/s1. The summed E-state index contributed by atoms with van der Waals surface area (Å²) in [5.74, 6) is 0.0306. The molecule has 0 bridgehead atoms. The minimum absolute atomic E-state index is 0.219. The van der Waals surface area contributed by atoms with Gasteiger partial charge in [-0.05, 0) is 65.8 Å². The van der Waals surface area contributed by atoms with Crippen LogP contribution in [0.3, 0.4) is 0 Å². The van der Waals surface area contributed by atoms with Crippen molar-refractivity contribution in [2.45, 2.75) is 76.8 Å². The van der Waals surface area contributed by atoms with Crippen molar-refractivity contribution in [2.75, 3.05) is 85.9 Å². The van der Waals surface area contributed by atoms with Crippen LogP contribution in [-0.4, -0.2) is 161 Å². The van der Waals surface area contributed by atoms with E-state index in [4.69, 9.17) is 20.9 Å². The van der Waals surface area contributed by atoms with E-state index in [9.17, 15) is 29.4 Å². The SMILES string of the molecule is CC(C)(O)[C@@]1(C)Cc2cc(NC(=O)c3cnn4cccnc34)c(N3CCN(CC(N)=O)CC3)cc2O1.CC(C)(O)[C@]1(C)Cc2cc(NC(=O)c3cnn4cccnc34)c(N3CCN(CC(N)=O)CC3)cc2O1. The molecule has 0 spiro atoms. The molecule has 22 nitrogen and oxygen atoms in total. The Morgan fingerprint density at radius 2 is 1.00 bits per heavy atom. The Morgan fingerprint density at radius 3 is 1.35 bits per heavy atom. The van der Waals surface area contributed by atoms with Crippen molar-refractivity contribution in [3.63, 3.8) is 0 Å². The Kier molecular flexibility index (Phi) is 13.1. The molecule has 0 unspecified atom stereocenters. The highest BCUT2D eigenvalue weighted by Crippen LogP contribution is 2.47. The molecule has 4 aliphatic rings. The fraction of sp³-hybridized carbons (Fsp3) is 0.440. The Balaban J connectivity index is 0.000000178. The third kappa shape index (κ3) is 9.94. The average molecular weight is 987 g/mol. The number of aliphatic hydroxyl groups is 2. The van der Waals surface area contributed by atoms with Gasteiger partial charge in [0.15, 0.2) is 11.3 Å². The zero-order valence-corrected chi connectivity index (χ0v) is 41.4. The number of primary amides is 2. The molecule has 2 saturated heterocycles. The lowest BCUT2D eigenvalue weighted by Crippen LogP contribution is -2.51. The first-order valence-electron chi connectivity index (χ1n) is 24.0. The fourth-order valence-electron chi connectivity index (χ4n) is 9.47. The molecule has 4 amide bonds. The highest BCUT2D eigenvalue weighted by Gasteiger charge is 2.48. The molecule has 2 atom stereocenters. The normalized spacial score (nSPS) is 20.3. The summed E-state index contributed by atoms with van der Waals surface area (Å²) in [6, 6.07) is 11.2. The second-order valence-corrected chi connectivity index (χ2v) is 20.4. The maximum atomic E-state index is 13.3. The fourth-order valence-corrected chi connectivity index (χ4v) is 9.47. The molecule has 4 aliphatic heterocycles. The zero-order chi connectivity index (χ0) is 51.3. The van der Waals surface area contributed by atoms with Crippen molar-refractivity contribution in [2.24, 2.45) is 11.5 Å². The largest absolute Gasteiger partial charge is 0.484 e. The van der Waals surface area contributed by atoms with Crippen molar-refractivity contribution in [3.8, 4) is 11.5 Å². The summed E-state index contributed by atoms with van der Waals surface area (Å²) in [4.78, 5) is 66.3. The number of ether oxygens (including phenoxy) is 2. The molecule has 8 heterocycles. The summed E-state index contributed by atoms with van der Waals surface area (Å²) in [5.41, 5.74) is 13.4. The molecule has 8 N–H and O–H groups in total. The van der Waals surface area contributed by atoms with Crippen LogP contribution in [0.1, 0.15) is 73.4 Å². The van der Waals surface area contributed by atoms with Gasteiger partial charge in [-0.15, -0.1) is 0 Å². The Morgan fingerprint density at radius 1 is 0.625 bits per heavy atom. The van der Waals surface area contributed by atoms with Gasteiger partial charge in [0.05, 0.1) is 59.4 Å². The molecular formula is C50H62N14O8. The van der Waals surface area contributed by atoms with E-state index >= 15 is 0 Å². The van der Waals surface area contributed by atoms with Gasteiger partial charge in [0, 0.05) is 113 Å². The first-order valence-corrected chi connectivity index (χ1v) is 24.0. The van der Waals surface area contributed by atoms with Gasteiger partial charge in [-0.2, -0.15) is 10.2 Å². The predicted octanol–water partition coefficient (Wildman–Crippen LogP) is 2.11. The Hall–Kier alpha value is -7.40. The van der Waals surface area contributed by atoms with Crippen molar-refractivity contribution in [3.05, 3.63) is 95.8 Å². The quantitative estimate of drug-likeness (QED) is 0.102. The molecule has 380 valence electrons. The lowest BCUT2D eigenvalue weighted by atomic mass is 9.84. The van der Waals surface area contributed by atoms with Crippen LogP contribution in [0.25, 0.3) is 11.3 Å². The van der Waals surface area contributed by atoms with Crippen LogP contribution in [-0.2, 0) is 22.4 Å². The topological polar surface area (TPSA) is 277 Å². The summed E-state index contributed by atoms with van der Waals surface area (Å²) in [6.07, 6.45) is 10.7. The number of nitrogens with one attached hydrogen (secondary N) is 2. The van der Waals surface area contributed by atoms with Crippen LogP contribution in [0.5, 0.6) is 11.5 Å². The van der Waals surface area contributed by atoms with Gasteiger partial charge in [0.2, 0.25) is 11.8 Å². The third-order valence-corrected chi connectivity index (χ3v) is 14.4.